The summed E-state index contributed by atoms with van der Waals surface area (Å²) in [6.07, 6.45) is 9.07. The van der Waals surface area contributed by atoms with Crippen LogP contribution in [-0.4, -0.2) is 33.6 Å². The molecule has 0 amide bonds. The van der Waals surface area contributed by atoms with E-state index in [1.54, 1.807) is 0 Å². The number of hydrogen-bond acceptors (Lipinski definition) is 3. The van der Waals surface area contributed by atoms with Gasteiger partial charge in [-0.15, -0.1) is 0 Å². The first kappa shape index (κ1) is 14.2. The minimum Gasteiger partial charge on any atom is -0.393 e. The third kappa shape index (κ3) is 1.33. The highest BCUT2D eigenvalue weighted by atomic mass is 16.3. The lowest BCUT2D eigenvalue weighted by Crippen LogP contribution is -2.50. The molecule has 0 unspecified atom stereocenters. The fraction of sp³-hybridized carbons (Fsp3) is 1.00. The summed E-state index contributed by atoms with van der Waals surface area (Å²) >= 11 is 0. The van der Waals surface area contributed by atoms with Crippen molar-refractivity contribution in [3.05, 3.63) is 0 Å². The van der Waals surface area contributed by atoms with Crippen molar-refractivity contribution in [2.45, 2.75) is 83.0 Å². The predicted molar refractivity (Wildman–Crippen MR) is 83.0 cm³/mol. The van der Waals surface area contributed by atoms with Gasteiger partial charge in [0, 0.05) is 10.8 Å². The highest BCUT2D eigenvalue weighted by molar-refractivity contribution is 5.30. The second-order valence-electron chi connectivity index (χ2n) is 9.55. The van der Waals surface area contributed by atoms with Gasteiger partial charge >= 0.3 is 0 Å². The average Bonchev–Trinajstić information content (AvgIpc) is 2.89. The molecule has 3 N–H and O–H groups in total. The van der Waals surface area contributed by atoms with Gasteiger partial charge in [-0.25, -0.2) is 0 Å². The molecule has 0 aromatic carbocycles. The zero-order chi connectivity index (χ0) is 15.3. The summed E-state index contributed by atoms with van der Waals surface area (Å²) in [7, 11) is 0. The van der Waals surface area contributed by atoms with E-state index in [9.17, 15) is 15.3 Å². The highest BCUT2D eigenvalue weighted by Crippen LogP contribution is 2.82. The van der Waals surface area contributed by atoms with Crippen LogP contribution in [0.3, 0.4) is 0 Å². The Hall–Kier alpha value is -0.120. The van der Waals surface area contributed by atoms with Crippen molar-refractivity contribution in [3.63, 3.8) is 0 Å². The van der Waals surface area contributed by atoms with Gasteiger partial charge in [0.2, 0.25) is 0 Å². The highest BCUT2D eigenvalue weighted by Gasteiger charge is 2.82. The van der Waals surface area contributed by atoms with E-state index in [1.165, 1.54) is 19.3 Å². The quantitative estimate of drug-likeness (QED) is 0.644. The summed E-state index contributed by atoms with van der Waals surface area (Å²) in [5.74, 6) is 2.01. The number of fused-ring (bicyclic) bond motifs is 3. The molecule has 5 rings (SSSR count). The maximum absolute atomic E-state index is 10.9. The molecular formula is C19H30O3. The number of aliphatic hydroxyl groups excluding tert-OH is 3. The standard InChI is InChI=1S/C19H30O3/c1-17-7-6-14-12(13(17)2-3-15(17)21)5-8-18-10-11(20)4-9-19(14,18)16(18)22/h11-16,20-22H,2-10H2,1H3/t11-,12+,13+,14+,15+,16+,17+,18+,19+/m1/s1. The van der Waals surface area contributed by atoms with Crippen LogP contribution < -0.4 is 0 Å². The molecule has 0 aliphatic heterocycles. The van der Waals surface area contributed by atoms with Gasteiger partial charge in [-0.1, -0.05) is 6.92 Å². The van der Waals surface area contributed by atoms with Gasteiger partial charge in [0.25, 0.3) is 0 Å². The van der Waals surface area contributed by atoms with Crippen LogP contribution in [0.25, 0.3) is 0 Å². The summed E-state index contributed by atoms with van der Waals surface area (Å²) in [6, 6.07) is 0. The Balaban J connectivity index is 1.51. The molecule has 0 aromatic heterocycles. The van der Waals surface area contributed by atoms with E-state index in [0.717, 1.165) is 38.5 Å². The Kier molecular flexibility index (Phi) is 2.65. The molecule has 3 heteroatoms. The van der Waals surface area contributed by atoms with Crippen LogP contribution in [0, 0.1) is 34.0 Å². The molecule has 5 saturated carbocycles. The summed E-state index contributed by atoms with van der Waals surface area (Å²) < 4.78 is 0. The average molecular weight is 306 g/mol. The Morgan fingerprint density at radius 3 is 2.45 bits per heavy atom. The van der Waals surface area contributed by atoms with E-state index in [1.807, 2.05) is 0 Å². The van der Waals surface area contributed by atoms with Gasteiger partial charge in [0.1, 0.15) is 0 Å². The van der Waals surface area contributed by atoms with Gasteiger partial charge in [-0.3, -0.25) is 0 Å². The van der Waals surface area contributed by atoms with Crippen molar-refractivity contribution < 1.29 is 15.3 Å². The molecular weight excluding hydrogens is 276 g/mol. The fourth-order valence-corrected chi connectivity index (χ4v) is 8.24. The van der Waals surface area contributed by atoms with Gasteiger partial charge in [-0.2, -0.15) is 0 Å². The molecule has 3 nitrogen and oxygen atoms in total. The molecule has 0 spiro atoms. The van der Waals surface area contributed by atoms with E-state index in [0.29, 0.717) is 17.8 Å². The zero-order valence-electron chi connectivity index (χ0n) is 13.7. The lowest BCUT2D eigenvalue weighted by Gasteiger charge is -2.55. The van der Waals surface area contributed by atoms with Crippen molar-refractivity contribution >= 4 is 0 Å². The largest absolute Gasteiger partial charge is 0.393 e. The topological polar surface area (TPSA) is 60.7 Å². The van der Waals surface area contributed by atoms with E-state index in [4.69, 9.17) is 0 Å². The first-order chi connectivity index (χ1) is 10.5. The minimum absolute atomic E-state index is 0.0524. The van der Waals surface area contributed by atoms with E-state index in [-0.39, 0.29) is 34.6 Å². The Morgan fingerprint density at radius 2 is 1.64 bits per heavy atom. The molecule has 124 valence electrons. The van der Waals surface area contributed by atoms with Crippen molar-refractivity contribution in [2.75, 3.05) is 0 Å². The number of aliphatic hydroxyl groups is 3. The van der Waals surface area contributed by atoms with E-state index < -0.39 is 0 Å². The lowest BCUT2D eigenvalue weighted by atomic mass is 9.50. The summed E-state index contributed by atoms with van der Waals surface area (Å²) in [5.41, 5.74) is 0.312. The second kappa shape index (κ2) is 4.10. The Bertz CT molecular complexity index is 507. The first-order valence-corrected chi connectivity index (χ1v) is 9.50. The molecule has 5 aliphatic rings. The second-order valence-corrected chi connectivity index (χ2v) is 9.55. The van der Waals surface area contributed by atoms with Crippen molar-refractivity contribution in [3.8, 4) is 0 Å². The third-order valence-electron chi connectivity index (χ3n) is 9.32. The van der Waals surface area contributed by atoms with Crippen molar-refractivity contribution in [2.24, 2.45) is 34.0 Å². The molecule has 0 aromatic rings. The molecule has 0 radical (unpaired) electrons. The van der Waals surface area contributed by atoms with Crippen LogP contribution >= 0.6 is 0 Å². The summed E-state index contributed by atoms with van der Waals surface area (Å²) in [5, 5.41) is 31.5. The maximum Gasteiger partial charge on any atom is 0.0669 e. The van der Waals surface area contributed by atoms with Crippen LogP contribution in [0.4, 0.5) is 0 Å². The summed E-state index contributed by atoms with van der Waals surface area (Å²) in [4.78, 5) is 0. The minimum atomic E-state index is -0.191. The van der Waals surface area contributed by atoms with Crippen LogP contribution in [-0.2, 0) is 0 Å². The molecule has 9 atom stereocenters. The van der Waals surface area contributed by atoms with Crippen molar-refractivity contribution in [1.29, 1.82) is 0 Å². The molecule has 0 heterocycles. The Morgan fingerprint density at radius 1 is 0.818 bits per heavy atom. The molecule has 22 heavy (non-hydrogen) atoms. The van der Waals surface area contributed by atoms with Gasteiger partial charge in [0.05, 0.1) is 18.3 Å². The predicted octanol–water partition coefficient (Wildman–Crippen LogP) is 2.48. The first-order valence-electron chi connectivity index (χ1n) is 9.50. The maximum atomic E-state index is 10.9. The number of rotatable bonds is 0. The van der Waals surface area contributed by atoms with Crippen molar-refractivity contribution in [1.82, 2.24) is 0 Å². The van der Waals surface area contributed by atoms with Crippen LogP contribution in [0.1, 0.15) is 64.7 Å². The zero-order valence-corrected chi connectivity index (χ0v) is 13.7. The lowest BCUT2D eigenvalue weighted by molar-refractivity contribution is -0.0935. The van der Waals surface area contributed by atoms with Gasteiger partial charge in [0.15, 0.2) is 0 Å². The van der Waals surface area contributed by atoms with Crippen LogP contribution in [0.2, 0.25) is 0 Å². The van der Waals surface area contributed by atoms with Crippen LogP contribution in [0.15, 0.2) is 0 Å². The monoisotopic (exact) mass is 306 g/mol. The van der Waals surface area contributed by atoms with Gasteiger partial charge in [-0.05, 0) is 81.0 Å². The van der Waals surface area contributed by atoms with Crippen LogP contribution in [0.5, 0.6) is 0 Å². The normalized spacial score (nSPS) is 66.0. The molecule has 0 bridgehead atoms. The Labute approximate surface area is 133 Å². The fourth-order valence-electron chi connectivity index (χ4n) is 8.24. The SMILES string of the molecule is C[C@]12CC[C@H]3[C@@H](CC[C@@]45C[C@H](O)CC[C@@]34[C@H]5O)[C@@H]1CC[C@@H]2O. The molecule has 5 aliphatic carbocycles. The van der Waals surface area contributed by atoms with Gasteiger partial charge < -0.3 is 15.3 Å². The smallest absolute Gasteiger partial charge is 0.0669 e. The van der Waals surface area contributed by atoms with E-state index in [2.05, 4.69) is 6.92 Å². The summed E-state index contributed by atoms with van der Waals surface area (Å²) in [6.45, 7) is 2.32. The number of hydrogen-bond donors (Lipinski definition) is 3. The third-order valence-corrected chi connectivity index (χ3v) is 9.32. The molecule has 5 fully saturated rings. The van der Waals surface area contributed by atoms with E-state index >= 15 is 0 Å². The molecule has 0 saturated heterocycles.